The number of carbonyl (C=O) groups excluding carboxylic acids is 1. The third-order valence-corrected chi connectivity index (χ3v) is 3.50. The molecule has 1 saturated carbocycles. The Morgan fingerprint density at radius 2 is 2.05 bits per heavy atom. The number of carboxylic acids is 1. The van der Waals surface area contributed by atoms with Crippen molar-refractivity contribution in [3.05, 3.63) is 29.8 Å². The number of nitrogens with one attached hydrogen (secondary N) is 1. The molecule has 0 aliphatic heterocycles. The smallest absolute Gasteiger partial charge is 0.308 e. The summed E-state index contributed by atoms with van der Waals surface area (Å²) in [5, 5.41) is 11.9. The van der Waals surface area contributed by atoms with E-state index in [2.05, 4.69) is 5.32 Å². The van der Waals surface area contributed by atoms with E-state index in [1.165, 1.54) is 7.11 Å². The maximum absolute atomic E-state index is 12.2. The number of carboxylic acid groups (broad SMARTS) is 1. The fourth-order valence-corrected chi connectivity index (χ4v) is 2.51. The van der Waals surface area contributed by atoms with Crippen LogP contribution in [0.15, 0.2) is 24.3 Å². The van der Waals surface area contributed by atoms with E-state index < -0.39 is 11.9 Å². The minimum atomic E-state index is -0.845. The van der Waals surface area contributed by atoms with Crippen molar-refractivity contribution in [1.29, 1.82) is 0 Å². The Labute approximate surface area is 111 Å². The van der Waals surface area contributed by atoms with Gasteiger partial charge in [0.1, 0.15) is 5.75 Å². The highest BCUT2D eigenvalue weighted by atomic mass is 16.5. The van der Waals surface area contributed by atoms with Gasteiger partial charge in [0.2, 0.25) is 0 Å². The summed E-state index contributed by atoms with van der Waals surface area (Å²) in [5.74, 6) is -1.12. The van der Waals surface area contributed by atoms with Crippen molar-refractivity contribution in [2.24, 2.45) is 5.92 Å². The molecule has 1 aliphatic carbocycles. The van der Waals surface area contributed by atoms with Crippen LogP contribution in [0.4, 0.5) is 0 Å². The topological polar surface area (TPSA) is 75.6 Å². The van der Waals surface area contributed by atoms with E-state index in [-0.39, 0.29) is 11.9 Å². The molecule has 1 aromatic rings. The summed E-state index contributed by atoms with van der Waals surface area (Å²) in [7, 11) is 1.50. The van der Waals surface area contributed by atoms with Crippen LogP contribution in [0.2, 0.25) is 0 Å². The zero-order chi connectivity index (χ0) is 13.8. The van der Waals surface area contributed by atoms with E-state index in [0.717, 1.165) is 6.42 Å². The van der Waals surface area contributed by atoms with Crippen LogP contribution >= 0.6 is 0 Å². The SMILES string of the molecule is COc1ccccc1C(=O)NC1CCCC1C(=O)O. The molecule has 0 saturated heterocycles. The minimum Gasteiger partial charge on any atom is -0.496 e. The van der Waals surface area contributed by atoms with Crippen molar-refractivity contribution in [3.8, 4) is 5.75 Å². The van der Waals surface area contributed by atoms with Crippen LogP contribution in [0, 0.1) is 5.92 Å². The van der Waals surface area contributed by atoms with E-state index >= 15 is 0 Å². The Morgan fingerprint density at radius 3 is 2.74 bits per heavy atom. The Morgan fingerprint density at radius 1 is 1.32 bits per heavy atom. The number of methoxy groups -OCH3 is 1. The van der Waals surface area contributed by atoms with Crippen molar-refractivity contribution in [2.45, 2.75) is 25.3 Å². The van der Waals surface area contributed by atoms with Crippen LogP contribution in [0.1, 0.15) is 29.6 Å². The lowest BCUT2D eigenvalue weighted by Crippen LogP contribution is -2.40. The van der Waals surface area contributed by atoms with Crippen LogP contribution in [0.5, 0.6) is 5.75 Å². The predicted molar refractivity (Wildman–Crippen MR) is 69.2 cm³/mol. The first-order chi connectivity index (χ1) is 9.13. The second-order valence-electron chi connectivity index (χ2n) is 4.66. The Kier molecular flexibility index (Phi) is 4.04. The summed E-state index contributed by atoms with van der Waals surface area (Å²) in [6.45, 7) is 0. The van der Waals surface area contributed by atoms with Crippen molar-refractivity contribution in [3.63, 3.8) is 0 Å². The van der Waals surface area contributed by atoms with Gasteiger partial charge >= 0.3 is 5.97 Å². The standard InChI is InChI=1S/C14H17NO4/c1-19-12-8-3-2-5-10(12)13(16)15-11-7-4-6-9(11)14(17)18/h2-3,5,8-9,11H,4,6-7H2,1H3,(H,15,16)(H,17,18). The average Bonchev–Trinajstić information content (AvgIpc) is 2.87. The fraction of sp³-hybridized carbons (Fsp3) is 0.429. The second-order valence-corrected chi connectivity index (χ2v) is 4.66. The van der Waals surface area contributed by atoms with Gasteiger partial charge in [-0.25, -0.2) is 0 Å². The molecule has 1 aromatic carbocycles. The molecule has 2 unspecified atom stereocenters. The molecule has 1 amide bonds. The Bertz CT molecular complexity index is 486. The van der Waals surface area contributed by atoms with Crippen molar-refractivity contribution < 1.29 is 19.4 Å². The number of carbonyl (C=O) groups is 2. The fourth-order valence-electron chi connectivity index (χ4n) is 2.51. The lowest BCUT2D eigenvalue weighted by atomic mass is 10.0. The average molecular weight is 263 g/mol. The van der Waals surface area contributed by atoms with Crippen molar-refractivity contribution in [1.82, 2.24) is 5.32 Å². The van der Waals surface area contributed by atoms with Gasteiger partial charge in [-0.1, -0.05) is 18.6 Å². The molecule has 0 heterocycles. The van der Waals surface area contributed by atoms with E-state index in [1.54, 1.807) is 24.3 Å². The Hall–Kier alpha value is -2.04. The number of ether oxygens (including phenoxy) is 1. The molecule has 0 aromatic heterocycles. The molecule has 5 nitrogen and oxygen atoms in total. The molecule has 1 aliphatic rings. The lowest BCUT2D eigenvalue weighted by Gasteiger charge is -2.18. The first-order valence-electron chi connectivity index (χ1n) is 6.30. The first kappa shape index (κ1) is 13.4. The normalized spacial score (nSPS) is 21.9. The number of rotatable bonds is 4. The van der Waals surface area contributed by atoms with Crippen LogP contribution in [-0.4, -0.2) is 30.1 Å². The molecule has 102 valence electrons. The summed E-state index contributed by atoms with van der Waals surface area (Å²) in [6.07, 6.45) is 2.15. The van der Waals surface area contributed by atoms with Crippen LogP contribution in [0.25, 0.3) is 0 Å². The lowest BCUT2D eigenvalue weighted by molar-refractivity contribution is -0.142. The molecule has 0 radical (unpaired) electrons. The molecule has 5 heteroatoms. The summed E-state index contributed by atoms with van der Waals surface area (Å²) in [4.78, 5) is 23.2. The molecule has 0 bridgehead atoms. The maximum atomic E-state index is 12.2. The summed E-state index contributed by atoms with van der Waals surface area (Å²) >= 11 is 0. The number of hydrogen-bond donors (Lipinski definition) is 2. The predicted octanol–water partition coefficient (Wildman–Crippen LogP) is 1.68. The summed E-state index contributed by atoms with van der Waals surface area (Å²) in [6, 6.07) is 6.61. The summed E-state index contributed by atoms with van der Waals surface area (Å²) in [5.41, 5.74) is 0.432. The zero-order valence-corrected chi connectivity index (χ0v) is 10.8. The van der Waals surface area contributed by atoms with Crippen molar-refractivity contribution in [2.75, 3.05) is 7.11 Å². The molecule has 1 fully saturated rings. The van der Waals surface area contributed by atoms with Gasteiger partial charge in [-0.2, -0.15) is 0 Å². The van der Waals surface area contributed by atoms with Crippen molar-refractivity contribution >= 4 is 11.9 Å². The molecular weight excluding hydrogens is 246 g/mol. The van der Waals surface area contributed by atoms with Gasteiger partial charge in [0, 0.05) is 6.04 Å². The van der Waals surface area contributed by atoms with Gasteiger partial charge in [-0.15, -0.1) is 0 Å². The van der Waals surface area contributed by atoms with Gasteiger partial charge in [-0.3, -0.25) is 9.59 Å². The Balaban J connectivity index is 2.10. The number of benzene rings is 1. The third kappa shape index (κ3) is 2.86. The number of hydrogen-bond acceptors (Lipinski definition) is 3. The zero-order valence-electron chi connectivity index (χ0n) is 10.8. The van der Waals surface area contributed by atoms with Gasteiger partial charge in [0.25, 0.3) is 5.91 Å². The van der Waals surface area contributed by atoms with Crippen LogP contribution in [-0.2, 0) is 4.79 Å². The molecule has 2 rings (SSSR count). The van der Waals surface area contributed by atoms with Crippen LogP contribution < -0.4 is 10.1 Å². The van der Waals surface area contributed by atoms with Gasteiger partial charge in [0.15, 0.2) is 0 Å². The molecule has 19 heavy (non-hydrogen) atoms. The number of aliphatic carboxylic acids is 1. The number of amides is 1. The highest BCUT2D eigenvalue weighted by molar-refractivity contribution is 5.97. The van der Waals surface area contributed by atoms with Gasteiger partial charge in [-0.05, 0) is 25.0 Å². The van der Waals surface area contributed by atoms with E-state index in [9.17, 15) is 9.59 Å². The van der Waals surface area contributed by atoms with Crippen LogP contribution in [0.3, 0.4) is 0 Å². The van der Waals surface area contributed by atoms with Gasteiger partial charge < -0.3 is 15.2 Å². The van der Waals surface area contributed by atoms with Gasteiger partial charge in [0.05, 0.1) is 18.6 Å². The summed E-state index contributed by atoms with van der Waals surface area (Å²) < 4.78 is 5.13. The first-order valence-corrected chi connectivity index (χ1v) is 6.30. The molecule has 0 spiro atoms. The maximum Gasteiger partial charge on any atom is 0.308 e. The second kappa shape index (κ2) is 5.73. The number of para-hydroxylation sites is 1. The van der Waals surface area contributed by atoms with E-state index in [1.807, 2.05) is 0 Å². The molecule has 2 N–H and O–H groups in total. The third-order valence-electron chi connectivity index (χ3n) is 3.50. The minimum absolute atomic E-state index is 0.282. The van der Waals surface area contributed by atoms with E-state index in [4.69, 9.17) is 9.84 Å². The monoisotopic (exact) mass is 263 g/mol. The quantitative estimate of drug-likeness (QED) is 0.866. The highest BCUT2D eigenvalue weighted by Crippen LogP contribution is 2.27. The molecular formula is C14H17NO4. The molecule has 2 atom stereocenters. The largest absolute Gasteiger partial charge is 0.496 e. The highest BCUT2D eigenvalue weighted by Gasteiger charge is 2.34. The van der Waals surface area contributed by atoms with E-state index in [0.29, 0.717) is 24.2 Å².